The zero-order valence-electron chi connectivity index (χ0n) is 9.50. The van der Waals surface area contributed by atoms with Crippen LogP contribution in [-0.2, 0) is 4.79 Å². The molecule has 0 aliphatic carbocycles. The van der Waals surface area contributed by atoms with E-state index in [1.165, 1.54) is 0 Å². The predicted octanol–water partition coefficient (Wildman–Crippen LogP) is 1.41. The summed E-state index contributed by atoms with van der Waals surface area (Å²) in [5.41, 5.74) is 0. The molecule has 1 atom stereocenters. The molecule has 1 saturated heterocycles. The molecule has 1 aliphatic rings. The second-order valence-corrected chi connectivity index (χ2v) is 4.94. The number of carbonyl (C=O) groups excluding carboxylic acids is 1. The molecule has 1 fully saturated rings. The molecule has 0 spiro atoms. The summed E-state index contributed by atoms with van der Waals surface area (Å²) in [7, 11) is 0. The zero-order valence-corrected chi connectivity index (χ0v) is 10.3. The van der Waals surface area contributed by atoms with Crippen molar-refractivity contribution in [2.24, 2.45) is 0 Å². The third kappa shape index (κ3) is 2.58. The van der Waals surface area contributed by atoms with Crippen molar-refractivity contribution < 1.29 is 4.79 Å². The number of aromatic nitrogens is 2. The maximum Gasteiger partial charge on any atom is 0.232 e. The summed E-state index contributed by atoms with van der Waals surface area (Å²) in [6.07, 6.45) is 9.81. The molecule has 0 N–H and O–H groups in total. The molecule has 0 unspecified atom stereocenters. The Morgan fingerprint density at radius 1 is 1.62 bits per heavy atom. The fraction of sp³-hybridized carbons (Fsp3) is 0.636. The standard InChI is InChI=1S/C11H17N3OS/c1-16-8-11(15)13-5-2-3-10(7-13)14-6-4-12-9-14/h4,6,9-10H,2-3,5,7-8H2,1H3/t10-/m0/s1. The smallest absolute Gasteiger partial charge is 0.232 e. The molecule has 5 heteroatoms. The Morgan fingerprint density at radius 3 is 3.19 bits per heavy atom. The van der Waals surface area contributed by atoms with E-state index in [1.54, 1.807) is 18.0 Å². The molecule has 0 aromatic carbocycles. The molecule has 1 aromatic rings. The van der Waals surface area contributed by atoms with Crippen molar-refractivity contribution >= 4 is 17.7 Å². The van der Waals surface area contributed by atoms with E-state index in [1.807, 2.05) is 23.7 Å². The first-order chi connectivity index (χ1) is 7.81. The maximum atomic E-state index is 11.8. The first-order valence-electron chi connectivity index (χ1n) is 5.55. The van der Waals surface area contributed by atoms with Crippen molar-refractivity contribution in [2.45, 2.75) is 18.9 Å². The van der Waals surface area contributed by atoms with Gasteiger partial charge in [-0.2, -0.15) is 11.8 Å². The van der Waals surface area contributed by atoms with E-state index < -0.39 is 0 Å². The SMILES string of the molecule is CSCC(=O)N1CCC[C@H](n2ccnc2)C1. The topological polar surface area (TPSA) is 38.1 Å². The van der Waals surface area contributed by atoms with Gasteiger partial charge in [0.1, 0.15) is 0 Å². The highest BCUT2D eigenvalue weighted by Crippen LogP contribution is 2.21. The van der Waals surface area contributed by atoms with Gasteiger partial charge in [-0.15, -0.1) is 0 Å². The molecule has 0 bridgehead atoms. The molecule has 0 radical (unpaired) electrons. The Labute approximate surface area is 100 Å². The monoisotopic (exact) mass is 239 g/mol. The lowest BCUT2D eigenvalue weighted by Gasteiger charge is -2.33. The molecular formula is C11H17N3OS. The number of amides is 1. The molecule has 2 rings (SSSR count). The van der Waals surface area contributed by atoms with Crippen molar-refractivity contribution in [2.75, 3.05) is 25.1 Å². The van der Waals surface area contributed by atoms with Gasteiger partial charge in [-0.25, -0.2) is 4.98 Å². The van der Waals surface area contributed by atoms with Crippen LogP contribution in [0.5, 0.6) is 0 Å². The Bertz CT molecular complexity index is 339. The first kappa shape index (κ1) is 11.5. The molecule has 88 valence electrons. The largest absolute Gasteiger partial charge is 0.340 e. The number of piperidine rings is 1. The lowest BCUT2D eigenvalue weighted by Crippen LogP contribution is -2.41. The minimum atomic E-state index is 0.261. The van der Waals surface area contributed by atoms with E-state index in [2.05, 4.69) is 9.55 Å². The number of rotatable bonds is 3. The first-order valence-corrected chi connectivity index (χ1v) is 6.95. The molecule has 1 aliphatic heterocycles. The number of thioether (sulfide) groups is 1. The lowest BCUT2D eigenvalue weighted by atomic mass is 10.1. The van der Waals surface area contributed by atoms with E-state index in [9.17, 15) is 4.79 Å². The van der Waals surface area contributed by atoms with Crippen LogP contribution in [-0.4, -0.2) is 45.5 Å². The maximum absolute atomic E-state index is 11.8. The van der Waals surface area contributed by atoms with Crippen LogP contribution in [0.25, 0.3) is 0 Å². The number of carbonyl (C=O) groups is 1. The van der Waals surface area contributed by atoms with Crippen LogP contribution in [0.3, 0.4) is 0 Å². The van der Waals surface area contributed by atoms with E-state index in [-0.39, 0.29) is 5.91 Å². The number of nitrogens with zero attached hydrogens (tertiary/aromatic N) is 3. The zero-order chi connectivity index (χ0) is 11.4. The number of likely N-dealkylation sites (tertiary alicyclic amines) is 1. The Morgan fingerprint density at radius 2 is 2.50 bits per heavy atom. The summed E-state index contributed by atoms with van der Waals surface area (Å²) in [5.74, 6) is 0.855. The van der Waals surface area contributed by atoms with Crippen LogP contribution < -0.4 is 0 Å². The minimum Gasteiger partial charge on any atom is -0.340 e. The third-order valence-corrected chi connectivity index (χ3v) is 3.50. The quantitative estimate of drug-likeness (QED) is 0.800. The number of hydrogen-bond acceptors (Lipinski definition) is 3. The molecular weight excluding hydrogens is 222 g/mol. The van der Waals surface area contributed by atoms with Crippen LogP contribution in [0.4, 0.5) is 0 Å². The van der Waals surface area contributed by atoms with Gasteiger partial charge < -0.3 is 9.47 Å². The van der Waals surface area contributed by atoms with Crippen LogP contribution >= 0.6 is 11.8 Å². The molecule has 1 amide bonds. The van der Waals surface area contributed by atoms with Gasteiger partial charge >= 0.3 is 0 Å². The van der Waals surface area contributed by atoms with Gasteiger partial charge in [-0.1, -0.05) is 0 Å². The van der Waals surface area contributed by atoms with Gasteiger partial charge in [-0.05, 0) is 19.1 Å². The second kappa shape index (κ2) is 5.39. The predicted molar refractivity (Wildman–Crippen MR) is 65.5 cm³/mol. The van der Waals surface area contributed by atoms with Gasteiger partial charge in [0.15, 0.2) is 0 Å². The van der Waals surface area contributed by atoms with E-state index in [0.29, 0.717) is 11.8 Å². The van der Waals surface area contributed by atoms with Crippen LogP contribution in [0.2, 0.25) is 0 Å². The molecule has 16 heavy (non-hydrogen) atoms. The van der Waals surface area contributed by atoms with Gasteiger partial charge in [0.2, 0.25) is 5.91 Å². The van der Waals surface area contributed by atoms with E-state index >= 15 is 0 Å². The summed E-state index contributed by atoms with van der Waals surface area (Å²) >= 11 is 1.59. The van der Waals surface area contributed by atoms with Crippen LogP contribution in [0.15, 0.2) is 18.7 Å². The van der Waals surface area contributed by atoms with Crippen LogP contribution in [0, 0.1) is 0 Å². The molecule has 2 heterocycles. The highest BCUT2D eigenvalue weighted by molar-refractivity contribution is 7.99. The fourth-order valence-corrected chi connectivity index (χ4v) is 2.55. The third-order valence-electron chi connectivity index (χ3n) is 2.96. The van der Waals surface area contributed by atoms with Crippen molar-refractivity contribution in [1.82, 2.24) is 14.5 Å². The van der Waals surface area contributed by atoms with Crippen LogP contribution in [0.1, 0.15) is 18.9 Å². The molecule has 4 nitrogen and oxygen atoms in total. The summed E-state index contributed by atoms with van der Waals surface area (Å²) in [4.78, 5) is 17.8. The summed E-state index contributed by atoms with van der Waals surface area (Å²) in [5, 5.41) is 0. The molecule has 1 aromatic heterocycles. The lowest BCUT2D eigenvalue weighted by molar-refractivity contribution is -0.129. The van der Waals surface area contributed by atoms with Crippen molar-refractivity contribution in [3.05, 3.63) is 18.7 Å². The molecule has 0 saturated carbocycles. The van der Waals surface area contributed by atoms with Gasteiger partial charge in [0, 0.05) is 25.5 Å². The van der Waals surface area contributed by atoms with Gasteiger partial charge in [0.05, 0.1) is 18.1 Å². The second-order valence-electron chi connectivity index (χ2n) is 4.08. The Hall–Kier alpha value is -0.970. The Balaban J connectivity index is 1.96. The van der Waals surface area contributed by atoms with Gasteiger partial charge in [-0.3, -0.25) is 4.79 Å². The fourth-order valence-electron chi connectivity index (χ4n) is 2.12. The van der Waals surface area contributed by atoms with Crippen molar-refractivity contribution in [1.29, 1.82) is 0 Å². The summed E-state index contributed by atoms with van der Waals surface area (Å²) in [6, 6.07) is 0.405. The van der Waals surface area contributed by atoms with Crippen molar-refractivity contribution in [3.63, 3.8) is 0 Å². The number of hydrogen-bond donors (Lipinski definition) is 0. The number of imidazole rings is 1. The average Bonchev–Trinajstić information content (AvgIpc) is 2.83. The highest BCUT2D eigenvalue weighted by Gasteiger charge is 2.23. The van der Waals surface area contributed by atoms with E-state index in [4.69, 9.17) is 0 Å². The Kier molecular flexibility index (Phi) is 3.88. The highest BCUT2D eigenvalue weighted by atomic mass is 32.2. The normalized spacial score (nSPS) is 21.1. The van der Waals surface area contributed by atoms with Crippen molar-refractivity contribution in [3.8, 4) is 0 Å². The van der Waals surface area contributed by atoms with Gasteiger partial charge in [0.25, 0.3) is 0 Å². The average molecular weight is 239 g/mol. The summed E-state index contributed by atoms with van der Waals surface area (Å²) in [6.45, 7) is 1.74. The minimum absolute atomic E-state index is 0.261. The summed E-state index contributed by atoms with van der Waals surface area (Å²) < 4.78 is 2.11. The van der Waals surface area contributed by atoms with E-state index in [0.717, 1.165) is 25.9 Å².